The van der Waals surface area contributed by atoms with Crippen LogP contribution in [-0.4, -0.2) is 18.2 Å². The van der Waals surface area contributed by atoms with Crippen LogP contribution in [0.5, 0.6) is 0 Å². The minimum absolute atomic E-state index is 0.779. The molecule has 0 bridgehead atoms. The van der Waals surface area contributed by atoms with E-state index in [0.717, 1.165) is 0 Å². The zero-order valence-corrected chi connectivity index (χ0v) is 4.79. The summed E-state index contributed by atoms with van der Waals surface area (Å²) in [6.07, 6.45) is -4.94. The summed E-state index contributed by atoms with van der Waals surface area (Å²) < 4.78 is 36.7. The molecule has 6 heteroatoms. The molecule has 0 radical (unpaired) electrons. The summed E-state index contributed by atoms with van der Waals surface area (Å²) in [5.41, 5.74) is 0. The van der Waals surface area contributed by atoms with Crippen molar-refractivity contribution in [1.82, 2.24) is 0 Å². The van der Waals surface area contributed by atoms with Crippen molar-refractivity contribution in [3.63, 3.8) is 0 Å². The number of rotatable bonds is 1. The Morgan fingerprint density at radius 1 is 1.56 bits per heavy atom. The second kappa shape index (κ2) is 2.91. The summed E-state index contributed by atoms with van der Waals surface area (Å²) in [5, 5.41) is 0. The van der Waals surface area contributed by atoms with Gasteiger partial charge in [0.05, 0.1) is 0 Å². The first-order valence-corrected chi connectivity index (χ1v) is 2.32. The number of carbonyl (C=O) groups is 1. The summed E-state index contributed by atoms with van der Waals surface area (Å²) in [6.45, 7) is 0. The van der Waals surface area contributed by atoms with Crippen molar-refractivity contribution in [2.45, 2.75) is 6.18 Å². The van der Waals surface area contributed by atoms with Gasteiger partial charge >= 0.3 is 12.1 Å². The molecule has 0 N–H and O–H groups in total. The fraction of sp³-hybridized carbons (Fsp3) is 0.667. The van der Waals surface area contributed by atoms with E-state index in [-0.39, 0.29) is 0 Å². The van der Waals surface area contributed by atoms with Crippen molar-refractivity contribution in [3.8, 4) is 0 Å². The van der Waals surface area contributed by atoms with Crippen LogP contribution in [0.25, 0.3) is 0 Å². The molecule has 0 fully saturated rings. The highest BCUT2D eigenvalue weighted by molar-refractivity contribution is 6.17. The SMILES string of the molecule is O=C(OCCl)C(F)(F)F. The third-order valence-electron chi connectivity index (χ3n) is 0.417. The molecule has 0 spiro atoms. The van der Waals surface area contributed by atoms with Gasteiger partial charge in [-0.25, -0.2) is 4.79 Å². The summed E-state index contributed by atoms with van der Waals surface area (Å²) in [7, 11) is 0. The van der Waals surface area contributed by atoms with Crippen LogP contribution in [0.15, 0.2) is 0 Å². The smallest absolute Gasteiger partial charge is 0.443 e. The number of hydrogen-bond acceptors (Lipinski definition) is 2. The van der Waals surface area contributed by atoms with Crippen molar-refractivity contribution >= 4 is 17.6 Å². The molecule has 54 valence electrons. The Labute approximate surface area is 53.5 Å². The van der Waals surface area contributed by atoms with Crippen LogP contribution in [0, 0.1) is 0 Å². The van der Waals surface area contributed by atoms with Gasteiger partial charge in [-0.05, 0) is 0 Å². The molecule has 0 aliphatic rings. The van der Waals surface area contributed by atoms with E-state index in [2.05, 4.69) is 16.3 Å². The molecule has 0 rings (SSSR count). The van der Waals surface area contributed by atoms with Crippen LogP contribution >= 0.6 is 11.6 Å². The number of hydrogen-bond donors (Lipinski definition) is 0. The molecule has 0 aromatic carbocycles. The minimum atomic E-state index is -4.94. The Hall–Kier alpha value is -0.450. The highest BCUT2D eigenvalue weighted by atomic mass is 35.5. The normalized spacial score (nSPS) is 11.1. The molecule has 0 saturated carbocycles. The standard InChI is InChI=1S/C3H2ClF3O2/c4-1-9-2(8)3(5,6)7/h1H2. The van der Waals surface area contributed by atoms with Crippen molar-refractivity contribution in [2.24, 2.45) is 0 Å². The van der Waals surface area contributed by atoms with Gasteiger partial charge in [0.25, 0.3) is 0 Å². The Morgan fingerprint density at radius 2 is 2.00 bits per heavy atom. The quantitative estimate of drug-likeness (QED) is 0.429. The Morgan fingerprint density at radius 3 is 2.11 bits per heavy atom. The van der Waals surface area contributed by atoms with E-state index in [1.807, 2.05) is 0 Å². The lowest BCUT2D eigenvalue weighted by Crippen LogP contribution is -2.24. The molecule has 0 heterocycles. The van der Waals surface area contributed by atoms with E-state index in [0.29, 0.717) is 0 Å². The molecule has 0 atom stereocenters. The molecule has 2 nitrogen and oxygen atoms in total. The van der Waals surface area contributed by atoms with Crippen molar-refractivity contribution < 1.29 is 22.7 Å². The largest absolute Gasteiger partial charge is 0.490 e. The molecular formula is C3H2ClF3O2. The Balaban J connectivity index is 3.74. The lowest BCUT2D eigenvalue weighted by atomic mass is 10.7. The van der Waals surface area contributed by atoms with E-state index in [9.17, 15) is 18.0 Å². The zero-order chi connectivity index (χ0) is 7.49. The second-order valence-corrected chi connectivity index (χ2v) is 1.26. The first-order chi connectivity index (χ1) is 3.98. The predicted octanol–water partition coefficient (Wildman–Crippen LogP) is 1.29. The molecular weight excluding hydrogens is 160 g/mol. The molecule has 0 aromatic rings. The highest BCUT2D eigenvalue weighted by Crippen LogP contribution is 2.16. The first-order valence-electron chi connectivity index (χ1n) is 1.78. The molecule has 0 aliphatic carbocycles. The number of ether oxygens (including phenoxy) is 1. The van der Waals surface area contributed by atoms with Crippen LogP contribution in [0.1, 0.15) is 0 Å². The summed E-state index contributed by atoms with van der Waals surface area (Å²) in [4.78, 5) is 9.63. The molecule has 9 heavy (non-hydrogen) atoms. The van der Waals surface area contributed by atoms with E-state index < -0.39 is 18.2 Å². The van der Waals surface area contributed by atoms with Gasteiger partial charge in [-0.3, -0.25) is 0 Å². The zero-order valence-electron chi connectivity index (χ0n) is 4.04. The maximum absolute atomic E-state index is 11.1. The van der Waals surface area contributed by atoms with E-state index in [4.69, 9.17) is 0 Å². The van der Waals surface area contributed by atoms with Crippen LogP contribution < -0.4 is 0 Å². The molecule has 0 aliphatic heterocycles. The Bertz CT molecular complexity index is 110. The third-order valence-corrected chi connectivity index (χ3v) is 0.526. The minimum Gasteiger partial charge on any atom is -0.443 e. The molecule has 0 saturated heterocycles. The lowest BCUT2D eigenvalue weighted by molar-refractivity contribution is -0.197. The third kappa shape index (κ3) is 3.18. The summed E-state index contributed by atoms with van der Waals surface area (Å²) in [6, 6.07) is -0.779. The number of carbonyl (C=O) groups excluding carboxylic acids is 1. The fourth-order valence-corrected chi connectivity index (χ4v) is 0.230. The van der Waals surface area contributed by atoms with Gasteiger partial charge in [0.1, 0.15) is 0 Å². The number of esters is 1. The van der Waals surface area contributed by atoms with Crippen LogP contribution in [0.3, 0.4) is 0 Å². The average molecular weight is 162 g/mol. The fourth-order valence-electron chi connectivity index (χ4n) is 0.131. The topological polar surface area (TPSA) is 26.3 Å². The van der Waals surface area contributed by atoms with Crippen LogP contribution in [-0.2, 0) is 9.53 Å². The Kier molecular flexibility index (Phi) is 2.76. The van der Waals surface area contributed by atoms with Gasteiger partial charge in [0, 0.05) is 0 Å². The van der Waals surface area contributed by atoms with E-state index >= 15 is 0 Å². The maximum atomic E-state index is 11.1. The van der Waals surface area contributed by atoms with Crippen LogP contribution in [0.4, 0.5) is 13.2 Å². The van der Waals surface area contributed by atoms with Crippen molar-refractivity contribution in [1.29, 1.82) is 0 Å². The van der Waals surface area contributed by atoms with Crippen LogP contribution in [0.2, 0.25) is 0 Å². The first kappa shape index (κ1) is 8.55. The molecule has 0 aromatic heterocycles. The monoisotopic (exact) mass is 162 g/mol. The van der Waals surface area contributed by atoms with Gasteiger partial charge in [-0.2, -0.15) is 13.2 Å². The lowest BCUT2D eigenvalue weighted by Gasteiger charge is -2.02. The van der Waals surface area contributed by atoms with Crippen molar-refractivity contribution in [3.05, 3.63) is 0 Å². The number of halogens is 4. The average Bonchev–Trinajstić information content (AvgIpc) is 1.64. The summed E-state index contributed by atoms with van der Waals surface area (Å²) in [5.74, 6) is -2.27. The highest BCUT2D eigenvalue weighted by Gasteiger charge is 2.40. The van der Waals surface area contributed by atoms with E-state index in [1.54, 1.807) is 0 Å². The number of alkyl halides is 4. The van der Waals surface area contributed by atoms with Gasteiger partial charge in [-0.15, -0.1) is 0 Å². The summed E-state index contributed by atoms with van der Waals surface area (Å²) >= 11 is 4.66. The molecule has 0 unspecified atom stereocenters. The maximum Gasteiger partial charge on any atom is 0.490 e. The van der Waals surface area contributed by atoms with E-state index in [1.165, 1.54) is 0 Å². The van der Waals surface area contributed by atoms with Crippen molar-refractivity contribution in [2.75, 3.05) is 6.07 Å². The second-order valence-electron chi connectivity index (χ2n) is 1.04. The van der Waals surface area contributed by atoms with Gasteiger partial charge < -0.3 is 4.74 Å². The predicted molar refractivity (Wildman–Crippen MR) is 22.9 cm³/mol. The van der Waals surface area contributed by atoms with Gasteiger partial charge in [-0.1, -0.05) is 11.6 Å². The molecule has 0 amide bonds. The van der Waals surface area contributed by atoms with Gasteiger partial charge in [0.2, 0.25) is 0 Å². The van der Waals surface area contributed by atoms with Gasteiger partial charge in [0.15, 0.2) is 6.07 Å².